The fraction of sp³-hybridized carbons (Fsp3) is 0.450. The molecule has 2 heterocycles. The Morgan fingerprint density at radius 1 is 1.24 bits per heavy atom. The summed E-state index contributed by atoms with van der Waals surface area (Å²) in [4.78, 5) is 16.4. The second kappa shape index (κ2) is 7.74. The van der Waals surface area contributed by atoms with Gasteiger partial charge in [0.05, 0.1) is 0 Å². The Morgan fingerprint density at radius 2 is 1.96 bits per heavy atom. The number of hydrogen-bond donors (Lipinski definition) is 0. The number of para-hydroxylation sites is 1. The van der Waals surface area contributed by atoms with Gasteiger partial charge >= 0.3 is 0 Å². The van der Waals surface area contributed by atoms with Crippen LogP contribution in [0, 0.1) is 5.21 Å². The lowest BCUT2D eigenvalue weighted by Crippen LogP contribution is -2.48. The molecule has 1 fully saturated rings. The molecule has 5 heteroatoms. The lowest BCUT2D eigenvalue weighted by Gasteiger charge is -2.45. The standard InChI is InChI=1S/C20H26N3O2/c1-3-4-5-10-20(24)22-13-11-21(12-14-22)19-15-16(2)23(25)18-9-7-6-8-17(18)19/h5-10,15-16H,3-4,11-14H2,1-2H3/q-1/b10-5+. The van der Waals surface area contributed by atoms with Crippen LogP contribution in [0.5, 0.6) is 0 Å². The van der Waals surface area contributed by atoms with Crippen molar-refractivity contribution in [3.63, 3.8) is 0 Å². The van der Waals surface area contributed by atoms with Crippen LogP contribution >= 0.6 is 0 Å². The zero-order chi connectivity index (χ0) is 17.8. The molecule has 0 aliphatic carbocycles. The number of allylic oxidation sites excluding steroid dienone is 1. The molecule has 1 atom stereocenters. The Kier molecular flexibility index (Phi) is 5.43. The highest BCUT2D eigenvalue weighted by atomic mass is 16.5. The molecule has 0 radical (unpaired) electrons. The van der Waals surface area contributed by atoms with Crippen LogP contribution in [-0.2, 0) is 4.79 Å². The van der Waals surface area contributed by atoms with Crippen LogP contribution in [0.25, 0.3) is 5.70 Å². The first-order valence-electron chi connectivity index (χ1n) is 9.09. The number of amides is 1. The maximum Gasteiger partial charge on any atom is 0.246 e. The molecular weight excluding hydrogens is 314 g/mol. The molecule has 134 valence electrons. The Balaban J connectivity index is 1.69. The van der Waals surface area contributed by atoms with E-state index in [-0.39, 0.29) is 11.9 Å². The number of piperazine rings is 1. The third kappa shape index (κ3) is 3.71. The Hall–Kier alpha value is -2.27. The Labute approximate surface area is 149 Å². The molecule has 1 unspecified atom stereocenters. The van der Waals surface area contributed by atoms with E-state index in [2.05, 4.69) is 11.8 Å². The minimum atomic E-state index is -0.179. The molecule has 1 aromatic carbocycles. The summed E-state index contributed by atoms with van der Waals surface area (Å²) < 4.78 is 0. The quantitative estimate of drug-likeness (QED) is 0.790. The molecule has 5 nitrogen and oxygen atoms in total. The minimum Gasteiger partial charge on any atom is -0.758 e. The monoisotopic (exact) mass is 340 g/mol. The molecule has 1 saturated heterocycles. The summed E-state index contributed by atoms with van der Waals surface area (Å²) in [6.07, 6.45) is 7.69. The summed E-state index contributed by atoms with van der Waals surface area (Å²) in [6, 6.07) is 7.57. The molecule has 0 N–H and O–H groups in total. The van der Waals surface area contributed by atoms with Gasteiger partial charge in [0.2, 0.25) is 5.91 Å². The SMILES string of the molecule is CCC/C=C/C(=O)N1CCN(C2=CC(C)N([O-])c3ccccc32)CC1. The van der Waals surface area contributed by atoms with E-state index in [1.165, 1.54) is 0 Å². The molecule has 1 aromatic rings. The second-order valence-corrected chi connectivity index (χ2v) is 6.64. The van der Waals surface area contributed by atoms with Gasteiger partial charge in [0, 0.05) is 49.2 Å². The molecule has 0 spiro atoms. The largest absolute Gasteiger partial charge is 0.758 e. The van der Waals surface area contributed by atoms with Crippen molar-refractivity contribution in [1.29, 1.82) is 0 Å². The number of hydrogen-bond acceptors (Lipinski definition) is 4. The van der Waals surface area contributed by atoms with E-state index >= 15 is 0 Å². The van der Waals surface area contributed by atoms with E-state index in [1.807, 2.05) is 48.2 Å². The van der Waals surface area contributed by atoms with Gasteiger partial charge in [0.25, 0.3) is 0 Å². The normalized spacial score (nSPS) is 20.7. The fourth-order valence-corrected chi connectivity index (χ4v) is 3.39. The predicted octanol–water partition coefficient (Wildman–Crippen LogP) is 3.23. The van der Waals surface area contributed by atoms with Gasteiger partial charge < -0.3 is 20.1 Å². The van der Waals surface area contributed by atoms with Crippen molar-refractivity contribution in [3.8, 4) is 0 Å². The van der Waals surface area contributed by atoms with Gasteiger partial charge in [-0.15, -0.1) is 0 Å². The molecule has 0 aromatic heterocycles. The lowest BCUT2D eigenvalue weighted by atomic mass is 10.0. The molecule has 0 saturated carbocycles. The van der Waals surface area contributed by atoms with Crippen molar-refractivity contribution in [1.82, 2.24) is 9.80 Å². The number of carbonyl (C=O) groups excluding carboxylic acids is 1. The molecule has 0 bridgehead atoms. The fourth-order valence-electron chi connectivity index (χ4n) is 3.39. The van der Waals surface area contributed by atoms with Gasteiger partial charge in [-0.05, 0) is 31.6 Å². The first-order valence-corrected chi connectivity index (χ1v) is 9.09. The van der Waals surface area contributed by atoms with Crippen molar-refractivity contribution in [2.45, 2.75) is 32.7 Å². The number of unbranched alkanes of at least 4 members (excludes halogenated alkanes) is 1. The highest BCUT2D eigenvalue weighted by Crippen LogP contribution is 2.35. The van der Waals surface area contributed by atoms with Crippen molar-refractivity contribution in [2.24, 2.45) is 0 Å². The minimum absolute atomic E-state index is 0.102. The Bertz CT molecular complexity index is 675. The third-order valence-electron chi connectivity index (χ3n) is 4.83. The topological polar surface area (TPSA) is 49.9 Å². The van der Waals surface area contributed by atoms with Crippen molar-refractivity contribution in [2.75, 3.05) is 31.2 Å². The lowest BCUT2D eigenvalue weighted by molar-refractivity contribution is -0.127. The zero-order valence-corrected chi connectivity index (χ0v) is 15.0. The molecule has 1 amide bonds. The third-order valence-corrected chi connectivity index (χ3v) is 4.83. The molecule has 2 aliphatic rings. The van der Waals surface area contributed by atoms with Crippen molar-refractivity contribution in [3.05, 3.63) is 53.3 Å². The second-order valence-electron chi connectivity index (χ2n) is 6.64. The van der Waals surface area contributed by atoms with Crippen LogP contribution in [0.3, 0.4) is 0 Å². The van der Waals surface area contributed by atoms with Crippen LogP contribution in [0.2, 0.25) is 0 Å². The number of rotatable bonds is 4. The highest BCUT2D eigenvalue weighted by Gasteiger charge is 2.26. The van der Waals surface area contributed by atoms with E-state index in [4.69, 9.17) is 0 Å². The summed E-state index contributed by atoms with van der Waals surface area (Å²) in [6.45, 7) is 7.03. The van der Waals surface area contributed by atoms with Crippen LogP contribution in [0.1, 0.15) is 32.3 Å². The maximum absolute atomic E-state index is 12.3. The first kappa shape index (κ1) is 17.5. The molecule has 25 heavy (non-hydrogen) atoms. The highest BCUT2D eigenvalue weighted by molar-refractivity contribution is 5.87. The number of fused-ring (bicyclic) bond motifs is 1. The first-order chi connectivity index (χ1) is 12.1. The van der Waals surface area contributed by atoms with Crippen LogP contribution in [0.4, 0.5) is 5.69 Å². The van der Waals surface area contributed by atoms with E-state index in [1.54, 1.807) is 6.08 Å². The van der Waals surface area contributed by atoms with Gasteiger partial charge in [0.1, 0.15) is 0 Å². The van der Waals surface area contributed by atoms with Crippen molar-refractivity contribution >= 4 is 17.3 Å². The number of anilines is 1. The van der Waals surface area contributed by atoms with E-state index in [0.717, 1.165) is 47.9 Å². The van der Waals surface area contributed by atoms with Crippen LogP contribution < -0.4 is 5.06 Å². The van der Waals surface area contributed by atoms with Crippen molar-refractivity contribution < 1.29 is 4.79 Å². The smallest absolute Gasteiger partial charge is 0.246 e. The van der Waals surface area contributed by atoms with Gasteiger partial charge in [0.15, 0.2) is 0 Å². The van der Waals surface area contributed by atoms with Crippen LogP contribution in [-0.4, -0.2) is 47.9 Å². The summed E-state index contributed by atoms with van der Waals surface area (Å²) in [5.41, 5.74) is 2.83. The van der Waals surface area contributed by atoms with Gasteiger partial charge in [-0.3, -0.25) is 4.79 Å². The van der Waals surface area contributed by atoms with Gasteiger partial charge in [-0.1, -0.05) is 37.6 Å². The van der Waals surface area contributed by atoms with E-state index in [9.17, 15) is 10.0 Å². The average Bonchev–Trinajstić information content (AvgIpc) is 2.65. The number of hydroxylamine groups is 1. The van der Waals surface area contributed by atoms with E-state index < -0.39 is 0 Å². The maximum atomic E-state index is 12.3. The van der Waals surface area contributed by atoms with Gasteiger partial charge in [-0.2, -0.15) is 0 Å². The molecule has 3 rings (SSSR count). The number of nitrogens with zero attached hydrogens (tertiary/aromatic N) is 3. The molecule has 2 aliphatic heterocycles. The number of carbonyl (C=O) groups is 1. The summed E-state index contributed by atoms with van der Waals surface area (Å²) in [7, 11) is 0. The summed E-state index contributed by atoms with van der Waals surface area (Å²) in [5, 5.41) is 13.4. The zero-order valence-electron chi connectivity index (χ0n) is 15.0. The predicted molar refractivity (Wildman–Crippen MR) is 102 cm³/mol. The summed E-state index contributed by atoms with van der Waals surface area (Å²) in [5.74, 6) is 0.102. The average molecular weight is 340 g/mol. The number of benzene rings is 1. The van der Waals surface area contributed by atoms with Gasteiger partial charge in [-0.25, -0.2) is 0 Å². The molecular formula is C20H26N3O2-. The van der Waals surface area contributed by atoms with E-state index in [0.29, 0.717) is 13.1 Å². The van der Waals surface area contributed by atoms with Crippen LogP contribution in [0.15, 0.2) is 42.5 Å². The Morgan fingerprint density at radius 3 is 2.68 bits per heavy atom. The summed E-state index contributed by atoms with van der Waals surface area (Å²) >= 11 is 0.